The molecule has 0 unspecified atom stereocenters. The highest BCUT2D eigenvalue weighted by molar-refractivity contribution is 5.86. The number of carboxylic acid groups (broad SMARTS) is 1. The molecule has 0 saturated carbocycles. The summed E-state index contributed by atoms with van der Waals surface area (Å²) in [6, 6.07) is 1.81. The molecule has 4 heteroatoms. The van der Waals surface area contributed by atoms with Crippen molar-refractivity contribution in [2.45, 2.75) is 26.2 Å². The lowest BCUT2D eigenvalue weighted by atomic mass is 10.1. The summed E-state index contributed by atoms with van der Waals surface area (Å²) in [5.74, 6) is -0.226. The van der Waals surface area contributed by atoms with Gasteiger partial charge in [0.2, 0.25) is 5.76 Å². The summed E-state index contributed by atoms with van der Waals surface area (Å²) < 4.78 is 5.34. The average molecular weight is 209 g/mol. The summed E-state index contributed by atoms with van der Waals surface area (Å²) in [5.41, 5.74) is 0.697. The number of hydrogen-bond acceptors (Lipinski definition) is 3. The summed E-state index contributed by atoms with van der Waals surface area (Å²) in [6.45, 7) is 3.69. The van der Waals surface area contributed by atoms with Crippen LogP contribution in [0.2, 0.25) is 0 Å². The number of nitrogens with zero attached hydrogens (tertiary/aromatic N) is 1. The van der Waals surface area contributed by atoms with E-state index in [0.717, 1.165) is 25.9 Å². The third-order valence-electron chi connectivity index (χ3n) is 2.77. The summed E-state index contributed by atoms with van der Waals surface area (Å²) in [6.07, 6.45) is 3.56. The van der Waals surface area contributed by atoms with E-state index in [1.165, 1.54) is 6.42 Å². The Kier molecular flexibility index (Phi) is 2.66. The van der Waals surface area contributed by atoms with Crippen LogP contribution in [0.5, 0.6) is 0 Å². The van der Waals surface area contributed by atoms with Gasteiger partial charge in [-0.15, -0.1) is 0 Å². The predicted molar refractivity (Wildman–Crippen MR) is 56.5 cm³/mol. The van der Waals surface area contributed by atoms with Crippen LogP contribution in [0.15, 0.2) is 10.5 Å². The molecule has 1 aromatic heterocycles. The Hall–Kier alpha value is -1.45. The molecule has 0 aromatic carbocycles. The maximum atomic E-state index is 10.8. The highest BCUT2D eigenvalue weighted by Gasteiger charge is 2.19. The fraction of sp³-hybridized carbons (Fsp3) is 0.545. The van der Waals surface area contributed by atoms with E-state index < -0.39 is 5.97 Å². The largest absolute Gasteiger partial charge is 0.475 e. The number of rotatable bonds is 2. The zero-order chi connectivity index (χ0) is 10.8. The third-order valence-corrected chi connectivity index (χ3v) is 2.77. The van der Waals surface area contributed by atoms with Crippen LogP contribution in [0.4, 0.5) is 5.88 Å². The van der Waals surface area contributed by atoms with E-state index in [2.05, 4.69) is 4.90 Å². The first-order valence-corrected chi connectivity index (χ1v) is 5.27. The molecule has 0 spiro atoms. The Morgan fingerprint density at radius 1 is 1.40 bits per heavy atom. The van der Waals surface area contributed by atoms with Crippen molar-refractivity contribution in [3.05, 3.63) is 17.4 Å². The van der Waals surface area contributed by atoms with Gasteiger partial charge in [-0.25, -0.2) is 4.79 Å². The number of piperidine rings is 1. The van der Waals surface area contributed by atoms with Crippen LogP contribution in [-0.4, -0.2) is 24.2 Å². The minimum absolute atomic E-state index is 0.0653. The molecular formula is C11H15NO3. The standard InChI is InChI=1S/C11H15NO3/c1-8-7-9(15-10(8)11(13)14)12-5-3-2-4-6-12/h7H,2-6H2,1H3,(H,13,14). The van der Waals surface area contributed by atoms with Gasteiger partial charge in [0.25, 0.3) is 0 Å². The van der Waals surface area contributed by atoms with Gasteiger partial charge in [0, 0.05) is 24.7 Å². The second-order valence-corrected chi connectivity index (χ2v) is 3.95. The molecule has 1 aliphatic rings. The summed E-state index contributed by atoms with van der Waals surface area (Å²) >= 11 is 0. The molecule has 2 heterocycles. The van der Waals surface area contributed by atoms with Gasteiger partial charge in [-0.2, -0.15) is 0 Å². The maximum Gasteiger partial charge on any atom is 0.372 e. The number of hydrogen-bond donors (Lipinski definition) is 1. The van der Waals surface area contributed by atoms with Gasteiger partial charge < -0.3 is 14.4 Å². The molecule has 2 rings (SSSR count). The highest BCUT2D eigenvalue weighted by Crippen LogP contribution is 2.25. The first-order valence-electron chi connectivity index (χ1n) is 5.27. The fourth-order valence-electron chi connectivity index (χ4n) is 1.95. The lowest BCUT2D eigenvalue weighted by molar-refractivity contribution is 0.0662. The number of carboxylic acids is 1. The van der Waals surface area contributed by atoms with Gasteiger partial charge in [0.05, 0.1) is 0 Å². The Bertz CT molecular complexity index is 364. The number of furan rings is 1. The van der Waals surface area contributed by atoms with Gasteiger partial charge in [-0.1, -0.05) is 0 Å². The second-order valence-electron chi connectivity index (χ2n) is 3.95. The first-order chi connectivity index (χ1) is 7.18. The quantitative estimate of drug-likeness (QED) is 0.811. The molecule has 0 bridgehead atoms. The van der Waals surface area contributed by atoms with Gasteiger partial charge in [-0.05, 0) is 26.2 Å². The smallest absolute Gasteiger partial charge is 0.372 e. The molecule has 4 nitrogen and oxygen atoms in total. The lowest BCUT2D eigenvalue weighted by Gasteiger charge is -2.25. The fourth-order valence-corrected chi connectivity index (χ4v) is 1.95. The van der Waals surface area contributed by atoms with Crippen molar-refractivity contribution in [1.29, 1.82) is 0 Å². The number of aryl methyl sites for hydroxylation is 1. The van der Waals surface area contributed by atoms with E-state index in [4.69, 9.17) is 9.52 Å². The van der Waals surface area contributed by atoms with Crippen LogP contribution in [0, 0.1) is 6.92 Å². The molecule has 0 radical (unpaired) electrons. The van der Waals surface area contributed by atoms with Gasteiger partial charge >= 0.3 is 5.97 Å². The summed E-state index contributed by atoms with van der Waals surface area (Å²) in [4.78, 5) is 12.9. The first kappa shape index (κ1) is 10.1. The van der Waals surface area contributed by atoms with Crippen molar-refractivity contribution in [2.24, 2.45) is 0 Å². The van der Waals surface area contributed by atoms with E-state index in [0.29, 0.717) is 11.4 Å². The van der Waals surface area contributed by atoms with Crippen LogP contribution in [-0.2, 0) is 0 Å². The predicted octanol–water partition coefficient (Wildman–Crippen LogP) is 2.28. The Balaban J connectivity index is 2.21. The van der Waals surface area contributed by atoms with Gasteiger partial charge in [-0.3, -0.25) is 0 Å². The Labute approximate surface area is 88.5 Å². The molecule has 1 aromatic rings. The molecule has 1 aliphatic heterocycles. The normalized spacial score (nSPS) is 16.7. The lowest BCUT2D eigenvalue weighted by Crippen LogP contribution is -2.28. The van der Waals surface area contributed by atoms with Crippen molar-refractivity contribution >= 4 is 11.9 Å². The molecule has 0 amide bonds. The molecule has 1 saturated heterocycles. The number of anilines is 1. The topological polar surface area (TPSA) is 53.7 Å². The van der Waals surface area contributed by atoms with E-state index in [1.807, 2.05) is 6.07 Å². The Morgan fingerprint density at radius 2 is 2.07 bits per heavy atom. The summed E-state index contributed by atoms with van der Waals surface area (Å²) in [5, 5.41) is 8.87. The molecule has 0 atom stereocenters. The van der Waals surface area contributed by atoms with Crippen molar-refractivity contribution in [3.8, 4) is 0 Å². The van der Waals surface area contributed by atoms with Crippen LogP contribution in [0.3, 0.4) is 0 Å². The average Bonchev–Trinajstić information content (AvgIpc) is 2.62. The van der Waals surface area contributed by atoms with Crippen LogP contribution in [0.25, 0.3) is 0 Å². The monoisotopic (exact) mass is 209 g/mol. The molecule has 1 fully saturated rings. The maximum absolute atomic E-state index is 10.8. The molecule has 0 aliphatic carbocycles. The van der Waals surface area contributed by atoms with Crippen molar-refractivity contribution < 1.29 is 14.3 Å². The van der Waals surface area contributed by atoms with E-state index in [9.17, 15) is 4.79 Å². The van der Waals surface area contributed by atoms with Crippen LogP contribution in [0.1, 0.15) is 35.4 Å². The van der Waals surface area contributed by atoms with Crippen LogP contribution >= 0.6 is 0 Å². The molecule has 15 heavy (non-hydrogen) atoms. The van der Waals surface area contributed by atoms with Gasteiger partial charge in [0.15, 0.2) is 5.88 Å². The number of aromatic carboxylic acids is 1. The third kappa shape index (κ3) is 1.98. The minimum Gasteiger partial charge on any atom is -0.475 e. The molecular weight excluding hydrogens is 194 g/mol. The zero-order valence-corrected chi connectivity index (χ0v) is 8.82. The highest BCUT2D eigenvalue weighted by atomic mass is 16.4. The zero-order valence-electron chi connectivity index (χ0n) is 8.82. The molecule has 1 N–H and O–H groups in total. The minimum atomic E-state index is -0.990. The molecule has 82 valence electrons. The van der Waals surface area contributed by atoms with Crippen LogP contribution < -0.4 is 4.90 Å². The summed E-state index contributed by atoms with van der Waals surface area (Å²) in [7, 11) is 0. The van der Waals surface area contributed by atoms with E-state index in [-0.39, 0.29) is 5.76 Å². The van der Waals surface area contributed by atoms with E-state index >= 15 is 0 Å². The second kappa shape index (κ2) is 3.96. The van der Waals surface area contributed by atoms with Crippen molar-refractivity contribution in [2.75, 3.05) is 18.0 Å². The van der Waals surface area contributed by atoms with Gasteiger partial charge in [0.1, 0.15) is 0 Å². The SMILES string of the molecule is Cc1cc(N2CCCCC2)oc1C(=O)O. The number of carbonyl (C=O) groups is 1. The van der Waals surface area contributed by atoms with Crippen molar-refractivity contribution in [1.82, 2.24) is 0 Å². The van der Waals surface area contributed by atoms with E-state index in [1.54, 1.807) is 6.92 Å². The Morgan fingerprint density at radius 3 is 2.60 bits per heavy atom. The van der Waals surface area contributed by atoms with Crippen molar-refractivity contribution in [3.63, 3.8) is 0 Å².